The van der Waals surface area contributed by atoms with Crippen LogP contribution in [0.4, 0.5) is 0 Å². The molecule has 0 amide bonds. The summed E-state index contributed by atoms with van der Waals surface area (Å²) in [4.78, 5) is 0. The van der Waals surface area contributed by atoms with E-state index < -0.39 is 6.10 Å². The largest absolute Gasteiger partial charge is 0.497 e. The molecule has 106 valence electrons. The second kappa shape index (κ2) is 5.27. The minimum atomic E-state index is -0.564. The van der Waals surface area contributed by atoms with Gasteiger partial charge in [0, 0.05) is 12.3 Å². The molecule has 0 aromatic heterocycles. The number of aryl methyl sites for hydroxylation is 1. The molecule has 2 unspecified atom stereocenters. The lowest BCUT2D eigenvalue weighted by Crippen LogP contribution is -2.17. The molecular formula is C19H18O2. The van der Waals surface area contributed by atoms with E-state index in [1.54, 1.807) is 7.11 Å². The number of terminal acetylenes is 1. The summed E-state index contributed by atoms with van der Waals surface area (Å²) in [5.41, 5.74) is 5.78. The Labute approximate surface area is 125 Å². The highest BCUT2D eigenvalue weighted by Crippen LogP contribution is 2.48. The number of benzene rings is 2. The lowest BCUT2D eigenvalue weighted by molar-refractivity contribution is 0.163. The number of ether oxygens (including phenoxy) is 1. The Morgan fingerprint density at radius 2 is 1.86 bits per heavy atom. The summed E-state index contributed by atoms with van der Waals surface area (Å²) in [6, 6.07) is 12.4. The van der Waals surface area contributed by atoms with Crippen molar-refractivity contribution in [1.82, 2.24) is 0 Å². The maximum atomic E-state index is 10.5. The highest BCUT2D eigenvalue weighted by atomic mass is 16.5. The van der Waals surface area contributed by atoms with Crippen molar-refractivity contribution in [2.24, 2.45) is 0 Å². The predicted molar refractivity (Wildman–Crippen MR) is 84.5 cm³/mol. The molecule has 0 saturated carbocycles. The Morgan fingerprint density at radius 3 is 2.52 bits per heavy atom. The van der Waals surface area contributed by atoms with Crippen LogP contribution in [0.1, 0.15) is 29.0 Å². The van der Waals surface area contributed by atoms with Crippen LogP contribution in [0.5, 0.6) is 5.75 Å². The van der Waals surface area contributed by atoms with Gasteiger partial charge >= 0.3 is 0 Å². The van der Waals surface area contributed by atoms with Gasteiger partial charge < -0.3 is 9.84 Å². The van der Waals surface area contributed by atoms with Gasteiger partial charge in [0.1, 0.15) is 5.75 Å². The Morgan fingerprint density at radius 1 is 1.19 bits per heavy atom. The molecule has 0 radical (unpaired) electrons. The Balaban J connectivity index is 2.20. The number of fused-ring (bicyclic) bond motifs is 3. The Hall–Kier alpha value is -2.24. The van der Waals surface area contributed by atoms with Gasteiger partial charge in [-0.3, -0.25) is 0 Å². The zero-order valence-corrected chi connectivity index (χ0v) is 12.3. The monoisotopic (exact) mass is 278 g/mol. The van der Waals surface area contributed by atoms with Crippen molar-refractivity contribution in [3.8, 4) is 29.2 Å². The molecule has 0 spiro atoms. The number of methoxy groups -OCH3 is 1. The first-order valence-corrected chi connectivity index (χ1v) is 7.06. The zero-order chi connectivity index (χ0) is 15.0. The maximum absolute atomic E-state index is 10.5. The molecule has 2 nitrogen and oxygen atoms in total. The van der Waals surface area contributed by atoms with E-state index in [-0.39, 0.29) is 5.92 Å². The van der Waals surface area contributed by atoms with Crippen LogP contribution in [-0.2, 0) is 0 Å². The summed E-state index contributed by atoms with van der Waals surface area (Å²) >= 11 is 0. The van der Waals surface area contributed by atoms with Crippen LogP contribution in [0, 0.1) is 19.3 Å². The van der Waals surface area contributed by atoms with E-state index in [1.807, 2.05) is 18.2 Å². The molecule has 3 rings (SSSR count). The maximum Gasteiger partial charge on any atom is 0.119 e. The first kappa shape index (κ1) is 13.7. The van der Waals surface area contributed by atoms with Crippen LogP contribution in [0.15, 0.2) is 36.4 Å². The van der Waals surface area contributed by atoms with Gasteiger partial charge in [-0.05, 0) is 41.3 Å². The van der Waals surface area contributed by atoms with Gasteiger partial charge in [-0.1, -0.05) is 29.8 Å². The van der Waals surface area contributed by atoms with Crippen molar-refractivity contribution in [2.45, 2.75) is 25.4 Å². The second-order valence-corrected chi connectivity index (χ2v) is 5.50. The summed E-state index contributed by atoms with van der Waals surface area (Å²) < 4.78 is 5.33. The van der Waals surface area contributed by atoms with Gasteiger partial charge in [-0.25, -0.2) is 0 Å². The summed E-state index contributed by atoms with van der Waals surface area (Å²) in [5.74, 6) is 3.33. The molecule has 1 aliphatic carbocycles. The number of hydrogen-bond donors (Lipinski definition) is 1. The summed E-state index contributed by atoms with van der Waals surface area (Å²) in [7, 11) is 1.67. The van der Waals surface area contributed by atoms with E-state index in [1.165, 1.54) is 11.1 Å². The van der Waals surface area contributed by atoms with E-state index in [0.717, 1.165) is 22.4 Å². The minimum absolute atomic E-state index is 0.0578. The van der Waals surface area contributed by atoms with E-state index in [0.29, 0.717) is 6.42 Å². The first-order valence-electron chi connectivity index (χ1n) is 7.06. The molecule has 21 heavy (non-hydrogen) atoms. The summed E-state index contributed by atoms with van der Waals surface area (Å²) in [6.45, 7) is 2.07. The third-order valence-corrected chi connectivity index (χ3v) is 4.14. The lowest BCUT2D eigenvalue weighted by Gasteiger charge is -2.19. The quantitative estimate of drug-likeness (QED) is 0.871. The van der Waals surface area contributed by atoms with Crippen molar-refractivity contribution in [3.63, 3.8) is 0 Å². The van der Waals surface area contributed by atoms with Crippen LogP contribution in [-0.4, -0.2) is 18.3 Å². The van der Waals surface area contributed by atoms with Gasteiger partial charge in [-0.2, -0.15) is 0 Å². The van der Waals surface area contributed by atoms with Crippen LogP contribution in [0.3, 0.4) is 0 Å². The topological polar surface area (TPSA) is 29.5 Å². The fourth-order valence-electron chi connectivity index (χ4n) is 3.16. The van der Waals surface area contributed by atoms with Crippen molar-refractivity contribution < 1.29 is 9.84 Å². The average Bonchev–Trinajstić information content (AvgIpc) is 2.80. The summed E-state index contributed by atoms with van der Waals surface area (Å²) in [5, 5.41) is 10.5. The number of rotatable bonds is 3. The first-order chi connectivity index (χ1) is 10.2. The molecule has 2 heteroatoms. The van der Waals surface area contributed by atoms with E-state index in [9.17, 15) is 5.11 Å². The molecule has 0 fully saturated rings. The van der Waals surface area contributed by atoms with E-state index in [2.05, 4.69) is 31.0 Å². The molecule has 1 aliphatic rings. The standard InChI is InChI=1S/C19H18O2/c1-4-5-18(20)19-14-8-6-12(2)10-16(14)17-11-13(21-3)7-9-15(17)19/h1,6-11,18-20H,5H2,2-3H3. The molecule has 0 bridgehead atoms. The van der Waals surface area contributed by atoms with Gasteiger partial charge in [0.05, 0.1) is 13.2 Å². The van der Waals surface area contributed by atoms with E-state index in [4.69, 9.17) is 11.2 Å². The molecule has 0 heterocycles. The number of aliphatic hydroxyl groups is 1. The highest BCUT2D eigenvalue weighted by molar-refractivity contribution is 5.80. The zero-order valence-electron chi connectivity index (χ0n) is 12.3. The smallest absolute Gasteiger partial charge is 0.119 e. The summed E-state index contributed by atoms with van der Waals surface area (Å²) in [6.07, 6.45) is 5.16. The van der Waals surface area contributed by atoms with Gasteiger partial charge in [0.15, 0.2) is 0 Å². The predicted octanol–water partition coefficient (Wildman–Crippen LogP) is 3.50. The SMILES string of the molecule is C#CCC(O)C1c2ccc(C)cc2-c2cc(OC)ccc21. The minimum Gasteiger partial charge on any atom is -0.497 e. The Bertz CT molecular complexity index is 725. The lowest BCUT2D eigenvalue weighted by atomic mass is 9.89. The molecule has 0 aliphatic heterocycles. The fourth-order valence-corrected chi connectivity index (χ4v) is 3.16. The van der Waals surface area contributed by atoms with Crippen molar-refractivity contribution in [3.05, 3.63) is 53.1 Å². The molecule has 2 aromatic carbocycles. The fraction of sp³-hybridized carbons (Fsp3) is 0.263. The molecule has 0 saturated heterocycles. The van der Waals surface area contributed by atoms with Crippen molar-refractivity contribution in [2.75, 3.05) is 7.11 Å². The molecule has 2 aromatic rings. The number of aliphatic hydroxyl groups excluding tert-OH is 1. The van der Waals surface area contributed by atoms with Crippen LogP contribution in [0.25, 0.3) is 11.1 Å². The third kappa shape index (κ3) is 2.20. The van der Waals surface area contributed by atoms with Crippen LogP contribution < -0.4 is 4.74 Å². The molecule has 1 N–H and O–H groups in total. The third-order valence-electron chi connectivity index (χ3n) is 4.14. The van der Waals surface area contributed by atoms with Crippen molar-refractivity contribution in [1.29, 1.82) is 0 Å². The molecular weight excluding hydrogens is 260 g/mol. The van der Waals surface area contributed by atoms with Crippen LogP contribution >= 0.6 is 0 Å². The van der Waals surface area contributed by atoms with E-state index >= 15 is 0 Å². The van der Waals surface area contributed by atoms with Gasteiger partial charge in [0.25, 0.3) is 0 Å². The molecule has 2 atom stereocenters. The number of hydrogen-bond acceptors (Lipinski definition) is 2. The van der Waals surface area contributed by atoms with Gasteiger partial charge in [-0.15, -0.1) is 12.3 Å². The van der Waals surface area contributed by atoms with Crippen LogP contribution in [0.2, 0.25) is 0 Å². The highest BCUT2D eigenvalue weighted by Gasteiger charge is 2.33. The van der Waals surface area contributed by atoms with Crippen molar-refractivity contribution >= 4 is 0 Å². The average molecular weight is 278 g/mol. The Kier molecular flexibility index (Phi) is 3.45. The van der Waals surface area contributed by atoms with Gasteiger partial charge in [0.2, 0.25) is 0 Å². The normalized spacial score (nSPS) is 16.8. The second-order valence-electron chi connectivity index (χ2n) is 5.50.